The van der Waals surface area contributed by atoms with Crippen molar-refractivity contribution < 1.29 is 9.18 Å². The van der Waals surface area contributed by atoms with Gasteiger partial charge in [-0.2, -0.15) is 0 Å². The molecule has 1 heterocycles. The normalized spacial score (nSPS) is 20.2. The lowest BCUT2D eigenvalue weighted by Gasteiger charge is -2.33. The molecule has 1 amide bonds. The lowest BCUT2D eigenvalue weighted by Crippen LogP contribution is -2.50. The molecule has 1 fully saturated rings. The summed E-state index contributed by atoms with van der Waals surface area (Å²) in [5, 5.41) is 6.03. The third-order valence-corrected chi connectivity index (χ3v) is 3.37. The van der Waals surface area contributed by atoms with E-state index in [9.17, 15) is 9.18 Å². The highest BCUT2D eigenvalue weighted by Gasteiger charge is 2.18. The Morgan fingerprint density at radius 2 is 2.42 bits per heavy atom. The van der Waals surface area contributed by atoms with Crippen LogP contribution in [-0.4, -0.2) is 43.0 Å². The minimum Gasteiger partial charge on any atom is -0.326 e. The van der Waals surface area contributed by atoms with E-state index in [0.29, 0.717) is 18.2 Å². The third kappa shape index (κ3) is 4.29. The highest BCUT2D eigenvalue weighted by atomic mass is 19.1. The number of carbonyl (C=O) groups is 1. The average Bonchev–Trinajstić information content (AvgIpc) is 2.38. The molecule has 5 heteroatoms. The standard InChI is InChI=1S/C14H20FN3O/c1-11-10-16-6-8-18(11)7-5-14(19)17-13-4-2-3-12(15)9-13/h2-4,9,11,16H,5-8,10H2,1H3,(H,17,19)/t11-/m1/s1. The van der Waals surface area contributed by atoms with Crippen LogP contribution in [0.25, 0.3) is 0 Å². The van der Waals surface area contributed by atoms with Gasteiger partial charge in [-0.05, 0) is 25.1 Å². The van der Waals surface area contributed by atoms with E-state index in [1.807, 2.05) is 0 Å². The van der Waals surface area contributed by atoms with Crippen molar-refractivity contribution in [3.63, 3.8) is 0 Å². The lowest BCUT2D eigenvalue weighted by molar-refractivity contribution is -0.116. The first-order chi connectivity index (χ1) is 9.15. The number of carbonyl (C=O) groups excluding carboxylic acids is 1. The minimum absolute atomic E-state index is 0.0728. The number of hydrogen-bond donors (Lipinski definition) is 2. The number of benzene rings is 1. The van der Waals surface area contributed by atoms with E-state index in [1.165, 1.54) is 12.1 Å². The Morgan fingerprint density at radius 3 is 3.16 bits per heavy atom. The van der Waals surface area contributed by atoms with Crippen molar-refractivity contribution >= 4 is 11.6 Å². The minimum atomic E-state index is -0.339. The topological polar surface area (TPSA) is 44.4 Å². The van der Waals surface area contributed by atoms with E-state index in [4.69, 9.17) is 0 Å². The second-order valence-corrected chi connectivity index (χ2v) is 4.90. The van der Waals surface area contributed by atoms with Gasteiger partial charge >= 0.3 is 0 Å². The number of nitrogens with zero attached hydrogens (tertiary/aromatic N) is 1. The van der Waals surface area contributed by atoms with Crippen LogP contribution < -0.4 is 10.6 Å². The van der Waals surface area contributed by atoms with Crippen molar-refractivity contribution in [1.82, 2.24) is 10.2 Å². The Kier molecular flexibility index (Phi) is 4.87. The fourth-order valence-corrected chi connectivity index (χ4v) is 2.25. The van der Waals surface area contributed by atoms with Crippen molar-refractivity contribution in [3.8, 4) is 0 Å². The number of amides is 1. The van der Waals surface area contributed by atoms with E-state index in [0.717, 1.165) is 26.2 Å². The molecule has 0 bridgehead atoms. The number of halogens is 1. The summed E-state index contributed by atoms with van der Waals surface area (Å²) < 4.78 is 13.0. The summed E-state index contributed by atoms with van der Waals surface area (Å²) in [6, 6.07) is 6.41. The van der Waals surface area contributed by atoms with Gasteiger partial charge in [-0.1, -0.05) is 6.07 Å². The van der Waals surface area contributed by atoms with Crippen molar-refractivity contribution in [3.05, 3.63) is 30.1 Å². The first-order valence-electron chi connectivity index (χ1n) is 6.65. The molecule has 1 aliphatic rings. The Morgan fingerprint density at radius 1 is 1.58 bits per heavy atom. The van der Waals surface area contributed by atoms with E-state index < -0.39 is 0 Å². The van der Waals surface area contributed by atoms with Crippen LogP contribution in [0.2, 0.25) is 0 Å². The molecule has 104 valence electrons. The molecule has 0 aromatic heterocycles. The summed E-state index contributed by atoms with van der Waals surface area (Å²) in [6.45, 7) is 5.79. The van der Waals surface area contributed by atoms with Crippen LogP contribution in [0.4, 0.5) is 10.1 Å². The van der Waals surface area contributed by atoms with Crippen LogP contribution >= 0.6 is 0 Å². The smallest absolute Gasteiger partial charge is 0.225 e. The maximum atomic E-state index is 13.0. The quantitative estimate of drug-likeness (QED) is 0.866. The molecule has 2 N–H and O–H groups in total. The summed E-state index contributed by atoms with van der Waals surface area (Å²) in [4.78, 5) is 14.1. The van der Waals surface area contributed by atoms with Crippen LogP contribution in [0, 0.1) is 5.82 Å². The molecular weight excluding hydrogens is 245 g/mol. The van der Waals surface area contributed by atoms with Gasteiger partial charge in [0.15, 0.2) is 0 Å². The summed E-state index contributed by atoms with van der Waals surface area (Å²) in [7, 11) is 0. The highest BCUT2D eigenvalue weighted by molar-refractivity contribution is 5.90. The number of anilines is 1. The Labute approximate surface area is 113 Å². The fourth-order valence-electron chi connectivity index (χ4n) is 2.25. The van der Waals surface area contributed by atoms with Gasteiger partial charge in [-0.15, -0.1) is 0 Å². The van der Waals surface area contributed by atoms with Gasteiger partial charge in [0.2, 0.25) is 5.91 Å². The zero-order valence-electron chi connectivity index (χ0n) is 11.2. The zero-order chi connectivity index (χ0) is 13.7. The maximum Gasteiger partial charge on any atom is 0.225 e. The van der Waals surface area contributed by atoms with Crippen LogP contribution in [0.1, 0.15) is 13.3 Å². The number of nitrogens with one attached hydrogen (secondary N) is 2. The summed E-state index contributed by atoms with van der Waals surface area (Å²) in [6.07, 6.45) is 0.431. The first kappa shape index (κ1) is 14.0. The fraction of sp³-hybridized carbons (Fsp3) is 0.500. The molecule has 0 saturated carbocycles. The highest BCUT2D eigenvalue weighted by Crippen LogP contribution is 2.10. The number of hydrogen-bond acceptors (Lipinski definition) is 3. The predicted molar refractivity (Wildman–Crippen MR) is 73.6 cm³/mol. The van der Waals surface area contributed by atoms with E-state index in [2.05, 4.69) is 22.5 Å². The largest absolute Gasteiger partial charge is 0.326 e. The van der Waals surface area contributed by atoms with Crippen LogP contribution in [-0.2, 0) is 4.79 Å². The number of rotatable bonds is 4. The molecule has 1 saturated heterocycles. The van der Waals surface area contributed by atoms with Crippen LogP contribution in [0.3, 0.4) is 0 Å². The van der Waals surface area contributed by atoms with Gasteiger partial charge in [0.25, 0.3) is 0 Å². The summed E-state index contributed by atoms with van der Waals surface area (Å²) >= 11 is 0. The van der Waals surface area contributed by atoms with Crippen molar-refractivity contribution in [2.45, 2.75) is 19.4 Å². The molecule has 2 rings (SSSR count). The second kappa shape index (κ2) is 6.63. The lowest BCUT2D eigenvalue weighted by atomic mass is 10.2. The van der Waals surface area contributed by atoms with Crippen molar-refractivity contribution in [2.75, 3.05) is 31.5 Å². The Balaban J connectivity index is 1.78. The molecule has 1 atom stereocenters. The molecule has 1 aromatic carbocycles. The summed E-state index contributed by atoms with van der Waals surface area (Å²) in [5.74, 6) is -0.412. The molecule has 1 aliphatic heterocycles. The van der Waals surface area contributed by atoms with Crippen LogP contribution in [0.15, 0.2) is 24.3 Å². The van der Waals surface area contributed by atoms with Crippen molar-refractivity contribution in [2.24, 2.45) is 0 Å². The molecule has 19 heavy (non-hydrogen) atoms. The molecule has 4 nitrogen and oxygen atoms in total. The van der Waals surface area contributed by atoms with Gasteiger partial charge in [-0.25, -0.2) is 4.39 Å². The van der Waals surface area contributed by atoms with Gasteiger partial charge in [0.05, 0.1) is 0 Å². The average molecular weight is 265 g/mol. The van der Waals surface area contributed by atoms with Crippen molar-refractivity contribution in [1.29, 1.82) is 0 Å². The van der Waals surface area contributed by atoms with Crippen LogP contribution in [0.5, 0.6) is 0 Å². The van der Waals surface area contributed by atoms with Gasteiger partial charge in [-0.3, -0.25) is 9.69 Å². The van der Waals surface area contributed by atoms with E-state index in [1.54, 1.807) is 12.1 Å². The second-order valence-electron chi connectivity index (χ2n) is 4.90. The third-order valence-electron chi connectivity index (χ3n) is 3.37. The molecular formula is C14H20FN3O. The first-order valence-corrected chi connectivity index (χ1v) is 6.65. The summed E-state index contributed by atoms with van der Waals surface area (Å²) in [5.41, 5.74) is 0.512. The predicted octanol–water partition coefficient (Wildman–Crippen LogP) is 1.45. The van der Waals surface area contributed by atoms with Gasteiger partial charge < -0.3 is 10.6 Å². The molecule has 0 aliphatic carbocycles. The van der Waals surface area contributed by atoms with Gasteiger partial charge in [0.1, 0.15) is 5.82 Å². The molecule has 1 aromatic rings. The maximum absolute atomic E-state index is 13.0. The van der Waals surface area contributed by atoms with E-state index >= 15 is 0 Å². The van der Waals surface area contributed by atoms with E-state index in [-0.39, 0.29) is 11.7 Å². The Bertz CT molecular complexity index is 438. The molecule has 0 unspecified atom stereocenters. The monoisotopic (exact) mass is 265 g/mol. The Hall–Kier alpha value is -1.46. The zero-order valence-corrected chi connectivity index (χ0v) is 11.2. The molecule has 0 radical (unpaired) electrons. The van der Waals surface area contributed by atoms with Gasteiger partial charge in [0, 0.05) is 44.3 Å². The SMILES string of the molecule is C[C@@H]1CNCCN1CCC(=O)Nc1cccc(F)c1. The molecule has 0 spiro atoms. The number of piperazine rings is 1.